The Morgan fingerprint density at radius 1 is 1.47 bits per heavy atom. The molecule has 0 aliphatic heterocycles. The van der Waals surface area contributed by atoms with Gasteiger partial charge < -0.3 is 20.9 Å². The van der Waals surface area contributed by atoms with Crippen LogP contribution in [0, 0.1) is 0 Å². The van der Waals surface area contributed by atoms with Crippen molar-refractivity contribution in [2.75, 3.05) is 19.8 Å². The van der Waals surface area contributed by atoms with Gasteiger partial charge in [-0.2, -0.15) is 0 Å². The van der Waals surface area contributed by atoms with Crippen molar-refractivity contribution >= 4 is 5.91 Å². The van der Waals surface area contributed by atoms with Gasteiger partial charge in [-0.1, -0.05) is 0 Å². The molecule has 90 valence electrons. The monoisotopic (exact) mass is 218 g/mol. The van der Waals surface area contributed by atoms with Crippen molar-refractivity contribution in [1.82, 2.24) is 0 Å². The average molecular weight is 218 g/mol. The highest BCUT2D eigenvalue weighted by Crippen LogP contribution is 2.10. The first-order valence-electron chi connectivity index (χ1n) is 5.18. The van der Waals surface area contributed by atoms with Gasteiger partial charge in [0, 0.05) is 6.61 Å². The topological polar surface area (TPSA) is 87.6 Å². The normalized spacial score (nSPS) is 17.1. The molecule has 0 bridgehead atoms. The number of carbonyl (C=O) groups excluding carboxylic acids is 1. The van der Waals surface area contributed by atoms with Gasteiger partial charge >= 0.3 is 0 Å². The molecular formula is C10H22N2O3. The van der Waals surface area contributed by atoms with Crippen LogP contribution in [-0.4, -0.2) is 37.4 Å². The van der Waals surface area contributed by atoms with E-state index < -0.39 is 11.4 Å². The van der Waals surface area contributed by atoms with Crippen LogP contribution in [0.3, 0.4) is 0 Å². The molecule has 0 rings (SSSR count). The molecule has 0 spiro atoms. The zero-order valence-electron chi connectivity index (χ0n) is 9.79. The Kier molecular flexibility index (Phi) is 6.47. The zero-order chi connectivity index (χ0) is 11.9. The second kappa shape index (κ2) is 6.76. The molecule has 4 N–H and O–H groups in total. The van der Waals surface area contributed by atoms with Gasteiger partial charge in [0.05, 0.1) is 24.9 Å². The molecule has 0 fully saturated rings. The first-order valence-corrected chi connectivity index (χ1v) is 5.18. The first-order chi connectivity index (χ1) is 6.90. The van der Waals surface area contributed by atoms with Crippen molar-refractivity contribution in [3.8, 4) is 0 Å². The van der Waals surface area contributed by atoms with Gasteiger partial charge in [-0.05, 0) is 27.2 Å². The summed E-state index contributed by atoms with van der Waals surface area (Å²) in [6.45, 7) is 7.13. The maximum absolute atomic E-state index is 10.9. The minimum Gasteiger partial charge on any atom is -0.379 e. The summed E-state index contributed by atoms with van der Waals surface area (Å²) < 4.78 is 10.5. The molecule has 2 atom stereocenters. The summed E-state index contributed by atoms with van der Waals surface area (Å²) in [7, 11) is 0. The van der Waals surface area contributed by atoms with E-state index in [1.807, 2.05) is 13.8 Å². The summed E-state index contributed by atoms with van der Waals surface area (Å²) in [5.41, 5.74) is 9.85. The predicted molar refractivity (Wildman–Crippen MR) is 58.3 cm³/mol. The van der Waals surface area contributed by atoms with E-state index >= 15 is 0 Å². The highest BCUT2D eigenvalue weighted by atomic mass is 16.5. The van der Waals surface area contributed by atoms with Crippen molar-refractivity contribution in [2.45, 2.75) is 38.8 Å². The lowest BCUT2D eigenvalue weighted by Gasteiger charge is -2.24. The molecule has 0 radical (unpaired) electrons. The SMILES string of the molecule is CCOCCOC(C)CC(C)(N)C(N)=O. The third-order valence-electron chi connectivity index (χ3n) is 2.11. The van der Waals surface area contributed by atoms with Gasteiger partial charge in [0.2, 0.25) is 5.91 Å². The fourth-order valence-electron chi connectivity index (χ4n) is 1.21. The van der Waals surface area contributed by atoms with Gasteiger partial charge in [-0.15, -0.1) is 0 Å². The largest absolute Gasteiger partial charge is 0.379 e. The number of carbonyl (C=O) groups is 1. The smallest absolute Gasteiger partial charge is 0.237 e. The summed E-state index contributed by atoms with van der Waals surface area (Å²) in [6.07, 6.45) is 0.307. The van der Waals surface area contributed by atoms with Gasteiger partial charge in [0.15, 0.2) is 0 Å². The fraction of sp³-hybridized carbons (Fsp3) is 0.900. The van der Waals surface area contributed by atoms with E-state index in [0.29, 0.717) is 26.2 Å². The van der Waals surface area contributed by atoms with Crippen LogP contribution in [0.25, 0.3) is 0 Å². The third kappa shape index (κ3) is 6.43. The lowest BCUT2D eigenvalue weighted by atomic mass is 9.95. The highest BCUT2D eigenvalue weighted by molar-refractivity contribution is 5.83. The van der Waals surface area contributed by atoms with Crippen LogP contribution in [0.4, 0.5) is 0 Å². The number of primary amides is 1. The molecule has 0 aromatic rings. The van der Waals surface area contributed by atoms with Crippen LogP contribution in [0.5, 0.6) is 0 Å². The minimum absolute atomic E-state index is 0.104. The second-order valence-electron chi connectivity index (χ2n) is 3.86. The molecule has 1 amide bonds. The Bertz CT molecular complexity index is 195. The Hall–Kier alpha value is -0.650. The molecule has 0 aromatic carbocycles. The van der Waals surface area contributed by atoms with Crippen LogP contribution in [-0.2, 0) is 14.3 Å². The van der Waals surface area contributed by atoms with E-state index in [1.165, 1.54) is 0 Å². The maximum atomic E-state index is 10.9. The lowest BCUT2D eigenvalue weighted by Crippen LogP contribution is -2.51. The van der Waals surface area contributed by atoms with E-state index in [2.05, 4.69) is 0 Å². The maximum Gasteiger partial charge on any atom is 0.237 e. The van der Waals surface area contributed by atoms with Crippen molar-refractivity contribution in [3.63, 3.8) is 0 Å². The Labute approximate surface area is 91.1 Å². The summed E-state index contributed by atoms with van der Waals surface area (Å²) in [6, 6.07) is 0. The Balaban J connectivity index is 3.73. The van der Waals surface area contributed by atoms with E-state index in [-0.39, 0.29) is 6.10 Å². The molecule has 0 saturated carbocycles. The quantitative estimate of drug-likeness (QED) is 0.562. The summed E-state index contributed by atoms with van der Waals surface area (Å²) in [4.78, 5) is 10.9. The second-order valence-corrected chi connectivity index (χ2v) is 3.86. The van der Waals surface area contributed by atoms with Gasteiger partial charge in [0.1, 0.15) is 0 Å². The Morgan fingerprint density at radius 2 is 2.07 bits per heavy atom. The number of hydrogen-bond donors (Lipinski definition) is 2. The summed E-state index contributed by atoms with van der Waals surface area (Å²) in [5.74, 6) is -0.511. The van der Waals surface area contributed by atoms with Crippen LogP contribution < -0.4 is 11.5 Å². The average Bonchev–Trinajstić information content (AvgIpc) is 2.11. The highest BCUT2D eigenvalue weighted by Gasteiger charge is 2.28. The summed E-state index contributed by atoms with van der Waals surface area (Å²) >= 11 is 0. The van der Waals surface area contributed by atoms with Crippen LogP contribution >= 0.6 is 0 Å². The molecule has 0 aliphatic carbocycles. The molecule has 0 aliphatic rings. The van der Waals surface area contributed by atoms with Crippen molar-refractivity contribution < 1.29 is 14.3 Å². The van der Waals surface area contributed by atoms with E-state index in [0.717, 1.165) is 0 Å². The van der Waals surface area contributed by atoms with Gasteiger partial charge in [0.25, 0.3) is 0 Å². The van der Waals surface area contributed by atoms with Crippen molar-refractivity contribution in [2.24, 2.45) is 11.5 Å². The number of amides is 1. The molecule has 5 nitrogen and oxygen atoms in total. The van der Waals surface area contributed by atoms with Crippen molar-refractivity contribution in [3.05, 3.63) is 0 Å². The van der Waals surface area contributed by atoms with Gasteiger partial charge in [-0.25, -0.2) is 0 Å². The van der Waals surface area contributed by atoms with Crippen LogP contribution in [0.15, 0.2) is 0 Å². The van der Waals surface area contributed by atoms with E-state index in [4.69, 9.17) is 20.9 Å². The minimum atomic E-state index is -1.01. The fourth-order valence-corrected chi connectivity index (χ4v) is 1.21. The number of nitrogens with two attached hydrogens (primary N) is 2. The lowest BCUT2D eigenvalue weighted by molar-refractivity contribution is -0.124. The molecule has 5 heteroatoms. The van der Waals surface area contributed by atoms with Crippen LogP contribution in [0.1, 0.15) is 27.2 Å². The first kappa shape index (κ1) is 14.3. The number of hydrogen-bond acceptors (Lipinski definition) is 4. The number of ether oxygens (including phenoxy) is 2. The molecule has 2 unspecified atom stereocenters. The van der Waals surface area contributed by atoms with Gasteiger partial charge in [-0.3, -0.25) is 4.79 Å². The number of rotatable bonds is 8. The predicted octanol–water partition coefficient (Wildman–Crippen LogP) is 0.0208. The Morgan fingerprint density at radius 3 is 2.53 bits per heavy atom. The molecule has 0 aromatic heterocycles. The molecule has 15 heavy (non-hydrogen) atoms. The zero-order valence-corrected chi connectivity index (χ0v) is 9.79. The van der Waals surface area contributed by atoms with E-state index in [9.17, 15) is 4.79 Å². The summed E-state index contributed by atoms with van der Waals surface area (Å²) in [5, 5.41) is 0. The van der Waals surface area contributed by atoms with E-state index in [1.54, 1.807) is 6.92 Å². The molecular weight excluding hydrogens is 196 g/mol. The third-order valence-corrected chi connectivity index (χ3v) is 2.11. The van der Waals surface area contributed by atoms with Crippen LogP contribution in [0.2, 0.25) is 0 Å². The molecule has 0 heterocycles. The standard InChI is InChI=1S/C10H22N2O3/c1-4-14-5-6-15-8(2)7-10(3,12)9(11)13/h8H,4-7,12H2,1-3H3,(H2,11,13). The molecule has 0 saturated heterocycles. The van der Waals surface area contributed by atoms with Crippen molar-refractivity contribution in [1.29, 1.82) is 0 Å².